The topological polar surface area (TPSA) is 86.2 Å². The highest BCUT2D eigenvalue weighted by molar-refractivity contribution is 6.31. The van der Waals surface area contributed by atoms with E-state index in [1.165, 1.54) is 7.11 Å². The fourth-order valence-electron chi connectivity index (χ4n) is 3.07. The molecule has 4 rings (SSSR count). The van der Waals surface area contributed by atoms with E-state index in [-0.39, 0.29) is 11.4 Å². The summed E-state index contributed by atoms with van der Waals surface area (Å²) in [6.45, 7) is 0. The molecule has 0 saturated heterocycles. The van der Waals surface area contributed by atoms with E-state index in [4.69, 9.17) is 21.1 Å². The second-order valence-corrected chi connectivity index (χ2v) is 6.27. The first-order chi connectivity index (χ1) is 13.0. The van der Waals surface area contributed by atoms with Gasteiger partial charge in [-0.3, -0.25) is 14.3 Å². The smallest absolute Gasteiger partial charge is 0.349 e. The second-order valence-electron chi connectivity index (χ2n) is 5.83. The highest BCUT2D eigenvalue weighted by atomic mass is 35.5. The number of hydrogen-bond acceptors (Lipinski definition) is 5. The van der Waals surface area contributed by atoms with Gasteiger partial charge >= 0.3 is 5.69 Å². The summed E-state index contributed by atoms with van der Waals surface area (Å²) in [4.78, 5) is 30.5. The fourth-order valence-corrected chi connectivity index (χ4v) is 3.23. The zero-order chi connectivity index (χ0) is 19.1. The molecule has 2 aromatic carbocycles. The summed E-state index contributed by atoms with van der Waals surface area (Å²) in [5, 5.41) is 1.26. The molecule has 0 saturated carbocycles. The molecule has 136 valence electrons. The van der Waals surface area contributed by atoms with Crippen LogP contribution in [0.4, 0.5) is 0 Å². The van der Waals surface area contributed by atoms with Gasteiger partial charge in [0, 0.05) is 11.1 Å². The molecule has 0 aromatic heterocycles. The van der Waals surface area contributed by atoms with Gasteiger partial charge in [-0.2, -0.15) is 4.98 Å². The minimum atomic E-state index is -0.732. The Labute approximate surface area is 158 Å². The number of benzene rings is 2. The summed E-state index contributed by atoms with van der Waals surface area (Å²) < 4.78 is 12.5. The SMILES string of the molecule is COc1ccc(OC)c(-n2c3nc(=O)[nH]c(=O)c-3cc3ccc(Cl)cc32)c1. The quantitative estimate of drug-likeness (QED) is 0.550. The first kappa shape index (κ1) is 17.1. The predicted molar refractivity (Wildman–Crippen MR) is 103 cm³/mol. The number of aromatic nitrogens is 3. The Bertz CT molecular complexity index is 1260. The highest BCUT2D eigenvalue weighted by Gasteiger charge is 2.20. The van der Waals surface area contributed by atoms with Gasteiger partial charge in [0.2, 0.25) is 0 Å². The van der Waals surface area contributed by atoms with Crippen molar-refractivity contribution in [1.82, 2.24) is 14.5 Å². The number of fused-ring (bicyclic) bond motifs is 2. The fraction of sp³-hybridized carbons (Fsp3) is 0.105. The van der Waals surface area contributed by atoms with Crippen LogP contribution in [0.5, 0.6) is 11.5 Å². The lowest BCUT2D eigenvalue weighted by Gasteiger charge is -2.20. The van der Waals surface area contributed by atoms with Gasteiger partial charge < -0.3 is 9.47 Å². The molecular weight excluding hydrogens is 370 g/mol. The van der Waals surface area contributed by atoms with Gasteiger partial charge in [-0.25, -0.2) is 4.79 Å². The monoisotopic (exact) mass is 383 g/mol. The molecular formula is C19H14ClN3O4. The largest absolute Gasteiger partial charge is 0.497 e. The highest BCUT2D eigenvalue weighted by Crippen LogP contribution is 2.35. The minimum absolute atomic E-state index is 0.199. The molecule has 27 heavy (non-hydrogen) atoms. The zero-order valence-corrected chi connectivity index (χ0v) is 15.2. The van der Waals surface area contributed by atoms with E-state index in [1.54, 1.807) is 54.1 Å². The van der Waals surface area contributed by atoms with Crippen LogP contribution < -0.4 is 20.7 Å². The van der Waals surface area contributed by atoms with Gasteiger partial charge in [-0.05, 0) is 35.7 Å². The molecule has 0 spiro atoms. The summed E-state index contributed by atoms with van der Waals surface area (Å²) in [5.74, 6) is 1.30. The van der Waals surface area contributed by atoms with Crippen molar-refractivity contribution in [3.05, 3.63) is 68.3 Å². The molecule has 2 aliphatic rings. The van der Waals surface area contributed by atoms with Crippen molar-refractivity contribution in [1.29, 1.82) is 0 Å². The molecule has 1 N–H and O–H groups in total. The van der Waals surface area contributed by atoms with Crippen LogP contribution in [0.1, 0.15) is 0 Å². The van der Waals surface area contributed by atoms with Crippen LogP contribution in [0.25, 0.3) is 28.0 Å². The van der Waals surface area contributed by atoms with Crippen molar-refractivity contribution >= 4 is 22.5 Å². The van der Waals surface area contributed by atoms with Crippen LogP contribution in [-0.4, -0.2) is 28.8 Å². The summed E-state index contributed by atoms with van der Waals surface area (Å²) in [7, 11) is 3.08. The Morgan fingerprint density at radius 3 is 2.59 bits per heavy atom. The lowest BCUT2D eigenvalue weighted by Crippen LogP contribution is -2.27. The molecule has 8 heteroatoms. The molecule has 0 unspecified atom stereocenters. The van der Waals surface area contributed by atoms with E-state index in [1.807, 2.05) is 0 Å². The number of ether oxygens (including phenoxy) is 2. The van der Waals surface area contributed by atoms with Crippen LogP contribution in [-0.2, 0) is 0 Å². The van der Waals surface area contributed by atoms with E-state index in [2.05, 4.69) is 9.97 Å². The van der Waals surface area contributed by atoms with Crippen molar-refractivity contribution < 1.29 is 9.47 Å². The van der Waals surface area contributed by atoms with Crippen LogP contribution >= 0.6 is 11.6 Å². The van der Waals surface area contributed by atoms with Crippen molar-refractivity contribution in [3.63, 3.8) is 0 Å². The van der Waals surface area contributed by atoms with Crippen LogP contribution in [0.15, 0.2) is 52.1 Å². The van der Waals surface area contributed by atoms with Gasteiger partial charge in [0.15, 0.2) is 5.82 Å². The van der Waals surface area contributed by atoms with Crippen molar-refractivity contribution in [2.24, 2.45) is 0 Å². The van der Waals surface area contributed by atoms with Crippen LogP contribution in [0.2, 0.25) is 5.02 Å². The van der Waals surface area contributed by atoms with Crippen molar-refractivity contribution in [2.45, 2.75) is 0 Å². The van der Waals surface area contributed by atoms with E-state index in [9.17, 15) is 9.59 Å². The molecule has 0 atom stereocenters. The van der Waals surface area contributed by atoms with Crippen LogP contribution in [0.3, 0.4) is 0 Å². The Morgan fingerprint density at radius 1 is 1.04 bits per heavy atom. The van der Waals surface area contributed by atoms with Crippen molar-refractivity contribution in [3.8, 4) is 28.6 Å². The molecule has 7 nitrogen and oxygen atoms in total. The number of H-pyrrole nitrogens is 1. The Hall–Kier alpha value is -3.32. The predicted octanol–water partition coefficient (Wildman–Crippen LogP) is 2.85. The van der Waals surface area contributed by atoms with E-state index in [0.29, 0.717) is 27.7 Å². The zero-order valence-electron chi connectivity index (χ0n) is 14.4. The Balaban J connectivity index is 2.26. The molecule has 0 bridgehead atoms. The molecule has 0 aliphatic carbocycles. The molecule has 2 heterocycles. The molecule has 2 aliphatic heterocycles. The standard InChI is InChI=1S/C19H14ClN3O4/c1-26-12-5-6-16(27-2)15(9-12)23-14-8-11(20)4-3-10(14)7-13-17(23)21-19(25)22-18(13)24/h3-9H,1-2H3,(H,22,24,25). The van der Waals surface area contributed by atoms with E-state index < -0.39 is 11.2 Å². The normalized spacial score (nSPS) is 11.1. The van der Waals surface area contributed by atoms with Crippen molar-refractivity contribution in [2.75, 3.05) is 14.2 Å². The third kappa shape index (κ3) is 2.82. The molecule has 0 amide bonds. The second kappa shape index (κ2) is 6.44. The number of methoxy groups -OCH3 is 2. The molecule has 0 radical (unpaired) electrons. The van der Waals surface area contributed by atoms with Gasteiger partial charge in [0.25, 0.3) is 5.56 Å². The number of hydrogen-bond donors (Lipinski definition) is 1. The lowest BCUT2D eigenvalue weighted by molar-refractivity contribution is 0.402. The number of rotatable bonds is 3. The average Bonchev–Trinajstić information content (AvgIpc) is 2.66. The molecule has 0 fully saturated rings. The lowest BCUT2D eigenvalue weighted by atomic mass is 10.1. The van der Waals surface area contributed by atoms with Crippen LogP contribution in [0, 0.1) is 0 Å². The third-order valence-electron chi connectivity index (χ3n) is 4.29. The summed E-state index contributed by atoms with van der Waals surface area (Å²) in [6.07, 6.45) is 0. The Morgan fingerprint density at radius 2 is 1.85 bits per heavy atom. The average molecular weight is 384 g/mol. The maximum absolute atomic E-state index is 12.4. The van der Waals surface area contributed by atoms with Gasteiger partial charge in [-0.15, -0.1) is 0 Å². The number of aromatic amines is 1. The first-order valence-electron chi connectivity index (χ1n) is 7.99. The van der Waals surface area contributed by atoms with E-state index in [0.717, 1.165) is 5.39 Å². The third-order valence-corrected chi connectivity index (χ3v) is 4.52. The van der Waals surface area contributed by atoms with Gasteiger partial charge in [-0.1, -0.05) is 17.7 Å². The number of pyridine rings is 1. The summed E-state index contributed by atoms with van der Waals surface area (Å²) in [6, 6.07) is 12.2. The van der Waals surface area contributed by atoms with E-state index >= 15 is 0 Å². The van der Waals surface area contributed by atoms with Gasteiger partial charge in [0.1, 0.15) is 11.5 Å². The van der Waals surface area contributed by atoms with Gasteiger partial charge in [0.05, 0.1) is 31.0 Å². The Kier molecular flexibility index (Phi) is 4.08. The number of nitrogens with one attached hydrogen (secondary N) is 1. The summed E-state index contributed by atoms with van der Waals surface area (Å²) in [5.41, 5.74) is 0.252. The summed E-state index contributed by atoms with van der Waals surface area (Å²) >= 11 is 6.20. The maximum atomic E-state index is 12.4. The minimum Gasteiger partial charge on any atom is -0.497 e. The molecule has 2 aromatic rings. The number of nitrogens with zero attached hydrogens (tertiary/aromatic N) is 2. The maximum Gasteiger partial charge on any atom is 0.349 e. The first-order valence-corrected chi connectivity index (χ1v) is 8.37. The number of halogens is 1.